The molecule has 0 aliphatic heterocycles. The van der Waals surface area contributed by atoms with Gasteiger partial charge >= 0.3 is 10.3 Å². The van der Waals surface area contributed by atoms with Crippen LogP contribution in [0.4, 0.5) is 0 Å². The predicted octanol–water partition coefficient (Wildman–Crippen LogP) is 0.807. The standard InChI is InChI=1S/C6H15NO4S/c1-2-3-4-5-6-11-12(9,10)7-8/h7-8H,2-6H2,1H3. The molecule has 0 aromatic heterocycles. The zero-order valence-corrected chi connectivity index (χ0v) is 7.93. The van der Waals surface area contributed by atoms with Gasteiger partial charge in [-0.05, 0) is 6.42 Å². The van der Waals surface area contributed by atoms with Gasteiger partial charge in [-0.3, -0.25) is 4.18 Å². The number of rotatable bonds is 7. The van der Waals surface area contributed by atoms with Crippen molar-refractivity contribution in [1.29, 1.82) is 0 Å². The molecule has 0 saturated carbocycles. The summed E-state index contributed by atoms with van der Waals surface area (Å²) in [7, 11) is -3.90. The number of hydrogen-bond acceptors (Lipinski definition) is 4. The molecule has 0 saturated heterocycles. The van der Waals surface area contributed by atoms with Crippen LogP contribution in [0.3, 0.4) is 0 Å². The smallest absolute Gasteiger partial charge is 0.300 e. The highest BCUT2D eigenvalue weighted by molar-refractivity contribution is 7.84. The molecule has 0 aliphatic carbocycles. The van der Waals surface area contributed by atoms with Crippen LogP contribution >= 0.6 is 0 Å². The minimum Gasteiger partial charge on any atom is -0.300 e. The highest BCUT2D eigenvalue weighted by atomic mass is 32.2. The Labute approximate surface area is 72.9 Å². The zero-order valence-electron chi connectivity index (χ0n) is 7.12. The molecule has 0 amide bonds. The fourth-order valence-electron chi connectivity index (χ4n) is 0.724. The lowest BCUT2D eigenvalue weighted by Crippen LogP contribution is -2.22. The van der Waals surface area contributed by atoms with Crippen LogP contribution < -0.4 is 4.89 Å². The van der Waals surface area contributed by atoms with E-state index in [1.54, 1.807) is 0 Å². The highest BCUT2D eigenvalue weighted by Gasteiger charge is 2.06. The van der Waals surface area contributed by atoms with E-state index in [2.05, 4.69) is 11.1 Å². The van der Waals surface area contributed by atoms with E-state index in [1.165, 1.54) is 0 Å². The molecule has 0 unspecified atom stereocenters. The lowest BCUT2D eigenvalue weighted by atomic mass is 10.2. The van der Waals surface area contributed by atoms with Gasteiger partial charge in [0.25, 0.3) is 0 Å². The van der Waals surface area contributed by atoms with Crippen molar-refractivity contribution >= 4 is 10.3 Å². The summed E-state index contributed by atoms with van der Waals surface area (Å²) in [5.74, 6) is 0. The largest absolute Gasteiger partial charge is 0.358 e. The van der Waals surface area contributed by atoms with Crippen LogP contribution in [0.15, 0.2) is 0 Å². The molecule has 0 atom stereocenters. The fraction of sp³-hybridized carbons (Fsp3) is 1.00. The third-order valence-electron chi connectivity index (χ3n) is 1.35. The van der Waals surface area contributed by atoms with Gasteiger partial charge < -0.3 is 5.21 Å². The van der Waals surface area contributed by atoms with Crippen LogP contribution in [-0.4, -0.2) is 20.2 Å². The van der Waals surface area contributed by atoms with Crippen LogP contribution in [0.2, 0.25) is 0 Å². The second-order valence-electron chi connectivity index (χ2n) is 2.43. The van der Waals surface area contributed by atoms with E-state index >= 15 is 0 Å². The molecule has 0 fully saturated rings. The molecule has 74 valence electrons. The second kappa shape index (κ2) is 6.36. The molecular formula is C6H15NO4S. The van der Waals surface area contributed by atoms with E-state index in [9.17, 15) is 8.42 Å². The quantitative estimate of drug-likeness (QED) is 0.467. The molecule has 0 aromatic carbocycles. The van der Waals surface area contributed by atoms with Crippen LogP contribution in [0, 0.1) is 0 Å². The molecule has 2 N–H and O–H groups in total. The molecule has 0 bridgehead atoms. The minimum atomic E-state index is -3.90. The first-order chi connectivity index (χ1) is 5.62. The SMILES string of the molecule is CCCCCCOS(=O)(=O)NO. The maximum Gasteiger partial charge on any atom is 0.358 e. The molecule has 5 nitrogen and oxygen atoms in total. The van der Waals surface area contributed by atoms with Gasteiger partial charge in [-0.15, -0.1) is 0 Å². The molecule has 6 heteroatoms. The fourth-order valence-corrected chi connectivity index (χ4v) is 1.11. The maximum atomic E-state index is 10.4. The molecule has 0 aliphatic rings. The summed E-state index contributed by atoms with van der Waals surface area (Å²) in [5, 5.41) is 8.03. The average molecular weight is 197 g/mol. The third kappa shape index (κ3) is 6.53. The first-order valence-electron chi connectivity index (χ1n) is 3.92. The average Bonchev–Trinajstić information content (AvgIpc) is 2.04. The van der Waals surface area contributed by atoms with Gasteiger partial charge in [0.2, 0.25) is 0 Å². The lowest BCUT2D eigenvalue weighted by Gasteiger charge is -2.01. The van der Waals surface area contributed by atoms with Crippen LogP contribution in [0.25, 0.3) is 0 Å². The summed E-state index contributed by atoms with van der Waals surface area (Å²) in [4.78, 5) is 1.08. The summed E-state index contributed by atoms with van der Waals surface area (Å²) in [5.41, 5.74) is 0. The van der Waals surface area contributed by atoms with E-state index in [0.717, 1.165) is 24.1 Å². The first-order valence-corrected chi connectivity index (χ1v) is 5.33. The summed E-state index contributed by atoms with van der Waals surface area (Å²) in [6.45, 7) is 2.18. The van der Waals surface area contributed by atoms with Crippen molar-refractivity contribution in [2.24, 2.45) is 0 Å². The second-order valence-corrected chi connectivity index (χ2v) is 3.75. The molecule has 12 heavy (non-hydrogen) atoms. The van der Waals surface area contributed by atoms with Gasteiger partial charge in [0.15, 0.2) is 0 Å². The summed E-state index contributed by atoms with van der Waals surface area (Å²) >= 11 is 0. The Balaban J connectivity index is 3.32. The number of nitrogens with one attached hydrogen (secondary N) is 1. The molecular weight excluding hydrogens is 182 g/mol. The molecule has 0 aromatic rings. The van der Waals surface area contributed by atoms with Gasteiger partial charge in [-0.25, -0.2) is 0 Å². The van der Waals surface area contributed by atoms with Crippen molar-refractivity contribution in [3.05, 3.63) is 0 Å². The Morgan fingerprint density at radius 3 is 2.50 bits per heavy atom. The minimum absolute atomic E-state index is 0.121. The van der Waals surface area contributed by atoms with Gasteiger partial charge in [-0.2, -0.15) is 8.42 Å². The van der Waals surface area contributed by atoms with E-state index < -0.39 is 10.3 Å². The van der Waals surface area contributed by atoms with Gasteiger partial charge in [0.05, 0.1) is 6.61 Å². The van der Waals surface area contributed by atoms with Crippen LogP contribution in [0.5, 0.6) is 0 Å². The molecule has 0 rings (SSSR count). The Bertz CT molecular complexity index is 190. The Kier molecular flexibility index (Phi) is 6.27. The zero-order chi connectivity index (χ0) is 9.45. The van der Waals surface area contributed by atoms with E-state index in [-0.39, 0.29) is 6.61 Å². The Hall–Kier alpha value is -0.170. The van der Waals surface area contributed by atoms with E-state index in [1.807, 2.05) is 0 Å². The molecule has 0 heterocycles. The van der Waals surface area contributed by atoms with Crippen molar-refractivity contribution in [1.82, 2.24) is 4.89 Å². The number of hydrogen-bond donors (Lipinski definition) is 2. The van der Waals surface area contributed by atoms with E-state index in [4.69, 9.17) is 5.21 Å². The van der Waals surface area contributed by atoms with Crippen molar-refractivity contribution in [3.63, 3.8) is 0 Å². The normalized spacial score (nSPS) is 11.8. The van der Waals surface area contributed by atoms with Crippen molar-refractivity contribution < 1.29 is 17.8 Å². The topological polar surface area (TPSA) is 75.6 Å². The molecule has 0 radical (unpaired) electrons. The Morgan fingerprint density at radius 1 is 1.33 bits per heavy atom. The van der Waals surface area contributed by atoms with Crippen LogP contribution in [0.1, 0.15) is 32.6 Å². The van der Waals surface area contributed by atoms with Crippen molar-refractivity contribution in [2.45, 2.75) is 32.6 Å². The predicted molar refractivity (Wildman–Crippen MR) is 43.9 cm³/mol. The van der Waals surface area contributed by atoms with E-state index in [0.29, 0.717) is 6.42 Å². The third-order valence-corrected chi connectivity index (χ3v) is 2.05. The summed E-state index contributed by atoms with van der Waals surface area (Å²) in [6.07, 6.45) is 3.78. The lowest BCUT2D eigenvalue weighted by molar-refractivity contribution is 0.202. The Morgan fingerprint density at radius 2 is 2.00 bits per heavy atom. The van der Waals surface area contributed by atoms with Gasteiger partial charge in [0, 0.05) is 0 Å². The van der Waals surface area contributed by atoms with Crippen LogP contribution in [-0.2, 0) is 14.5 Å². The van der Waals surface area contributed by atoms with Gasteiger partial charge in [-0.1, -0.05) is 31.1 Å². The first kappa shape index (κ1) is 11.8. The highest BCUT2D eigenvalue weighted by Crippen LogP contribution is 1.99. The molecule has 0 spiro atoms. The van der Waals surface area contributed by atoms with Crippen molar-refractivity contribution in [2.75, 3.05) is 6.61 Å². The van der Waals surface area contributed by atoms with Gasteiger partial charge in [0.1, 0.15) is 0 Å². The summed E-state index contributed by atoms with van der Waals surface area (Å²) < 4.78 is 25.2. The monoisotopic (exact) mass is 197 g/mol. The van der Waals surface area contributed by atoms with Crippen molar-refractivity contribution in [3.8, 4) is 0 Å². The number of unbranched alkanes of at least 4 members (excludes halogenated alkanes) is 3. The summed E-state index contributed by atoms with van der Waals surface area (Å²) in [6, 6.07) is 0. The maximum absolute atomic E-state index is 10.4.